The lowest BCUT2D eigenvalue weighted by Gasteiger charge is -2.25. The van der Waals surface area contributed by atoms with E-state index < -0.39 is 22.5 Å². The third-order valence-electron chi connectivity index (χ3n) is 4.56. The molecule has 0 heterocycles. The smallest absolute Gasteiger partial charge is 0.264 e. The van der Waals surface area contributed by atoms with Gasteiger partial charge in [0, 0.05) is 11.6 Å². The van der Waals surface area contributed by atoms with Gasteiger partial charge in [-0.3, -0.25) is 9.10 Å². The summed E-state index contributed by atoms with van der Waals surface area (Å²) < 4.78 is 33.4. The van der Waals surface area contributed by atoms with Gasteiger partial charge in [0.1, 0.15) is 12.3 Å². The molecule has 0 saturated carbocycles. The fourth-order valence-corrected chi connectivity index (χ4v) is 5.11. The minimum absolute atomic E-state index is 0.0238. The summed E-state index contributed by atoms with van der Waals surface area (Å²) in [6, 6.07) is 19.6. The monoisotopic (exact) mass is 506 g/mol. The van der Waals surface area contributed by atoms with Crippen molar-refractivity contribution in [1.29, 1.82) is 0 Å². The van der Waals surface area contributed by atoms with Crippen LogP contribution in [0.3, 0.4) is 0 Å². The van der Waals surface area contributed by atoms with Gasteiger partial charge in [-0.1, -0.05) is 53.5 Å². The number of nitrogens with one attached hydrogen (secondary N) is 1. The summed E-state index contributed by atoms with van der Waals surface area (Å²) in [6.45, 7) is 3.61. The maximum atomic E-state index is 13.4. The van der Waals surface area contributed by atoms with Crippen molar-refractivity contribution in [3.63, 3.8) is 0 Å². The van der Waals surface area contributed by atoms with E-state index in [2.05, 4.69) is 5.32 Å². The van der Waals surface area contributed by atoms with Crippen LogP contribution in [0.5, 0.6) is 5.75 Å². The molecule has 174 valence electrons. The first-order valence-corrected chi connectivity index (χ1v) is 12.4. The third kappa shape index (κ3) is 6.63. The highest BCUT2D eigenvalue weighted by molar-refractivity contribution is 7.92. The average Bonchev–Trinajstić information content (AvgIpc) is 2.77. The van der Waals surface area contributed by atoms with Gasteiger partial charge in [-0.25, -0.2) is 8.42 Å². The summed E-state index contributed by atoms with van der Waals surface area (Å²) in [4.78, 5) is 12.8. The molecule has 3 aromatic carbocycles. The van der Waals surface area contributed by atoms with Crippen LogP contribution in [-0.2, 0) is 21.4 Å². The number of amides is 1. The molecule has 0 bridgehead atoms. The number of rotatable bonds is 9. The molecule has 9 heteroatoms. The largest absolute Gasteiger partial charge is 0.491 e. The van der Waals surface area contributed by atoms with Crippen molar-refractivity contribution < 1.29 is 17.9 Å². The van der Waals surface area contributed by atoms with Gasteiger partial charge in [0.15, 0.2) is 0 Å². The Bertz CT molecular complexity index is 1220. The van der Waals surface area contributed by atoms with Crippen molar-refractivity contribution in [2.24, 2.45) is 0 Å². The van der Waals surface area contributed by atoms with Crippen LogP contribution in [-0.4, -0.2) is 27.0 Å². The Hall–Kier alpha value is -2.74. The number of hydrogen-bond acceptors (Lipinski definition) is 4. The Morgan fingerprint density at radius 3 is 2.39 bits per heavy atom. The van der Waals surface area contributed by atoms with Crippen LogP contribution in [0.2, 0.25) is 10.0 Å². The van der Waals surface area contributed by atoms with Gasteiger partial charge < -0.3 is 10.1 Å². The number of halogens is 2. The van der Waals surface area contributed by atoms with Crippen molar-refractivity contribution in [3.05, 3.63) is 88.4 Å². The second-order valence-electron chi connectivity index (χ2n) is 7.51. The number of carbonyl (C=O) groups is 1. The van der Waals surface area contributed by atoms with E-state index in [9.17, 15) is 13.2 Å². The molecule has 3 aromatic rings. The number of nitrogens with zero attached hydrogens (tertiary/aromatic N) is 1. The van der Waals surface area contributed by atoms with E-state index in [1.807, 2.05) is 38.1 Å². The summed E-state index contributed by atoms with van der Waals surface area (Å²) in [7, 11) is -4.06. The molecule has 0 aliphatic carbocycles. The average molecular weight is 507 g/mol. The molecule has 6 nitrogen and oxygen atoms in total. The van der Waals surface area contributed by atoms with Gasteiger partial charge in [0.05, 0.1) is 21.7 Å². The van der Waals surface area contributed by atoms with Crippen molar-refractivity contribution in [2.75, 3.05) is 10.8 Å². The molecule has 1 amide bonds. The molecule has 33 heavy (non-hydrogen) atoms. The standard InChI is InChI=1S/C24H24Cl2N2O4S/c1-17(2)32-20-8-6-7-18(13-20)15-27-24(29)16-28(23-12-11-19(25)14-22(23)26)33(30,31)21-9-4-3-5-10-21/h3-14,17H,15-16H2,1-2H3,(H,27,29). The van der Waals surface area contributed by atoms with E-state index >= 15 is 0 Å². The van der Waals surface area contributed by atoms with E-state index in [0.29, 0.717) is 10.8 Å². The minimum Gasteiger partial charge on any atom is -0.491 e. The molecule has 0 spiro atoms. The van der Waals surface area contributed by atoms with Gasteiger partial charge in [-0.05, 0) is 61.9 Å². The number of sulfonamides is 1. The van der Waals surface area contributed by atoms with Crippen LogP contribution >= 0.6 is 23.2 Å². The second kappa shape index (κ2) is 10.9. The van der Waals surface area contributed by atoms with Crippen LogP contribution in [0.1, 0.15) is 19.4 Å². The number of ether oxygens (including phenoxy) is 1. The zero-order valence-electron chi connectivity index (χ0n) is 18.2. The van der Waals surface area contributed by atoms with Crippen LogP contribution < -0.4 is 14.4 Å². The Kier molecular flexibility index (Phi) is 8.24. The molecule has 3 rings (SSSR count). The number of hydrogen-bond donors (Lipinski definition) is 1. The highest BCUT2D eigenvalue weighted by Gasteiger charge is 2.28. The van der Waals surface area contributed by atoms with Gasteiger partial charge in [0.2, 0.25) is 5.91 Å². The molecule has 0 aliphatic heterocycles. The zero-order chi connectivity index (χ0) is 24.0. The summed E-state index contributed by atoms with van der Waals surface area (Å²) in [6.07, 6.45) is 0.0238. The summed E-state index contributed by atoms with van der Waals surface area (Å²) in [5.41, 5.74) is 0.982. The predicted octanol–water partition coefficient (Wildman–Crippen LogP) is 5.29. The van der Waals surface area contributed by atoms with Crippen molar-refractivity contribution in [2.45, 2.75) is 31.4 Å². The van der Waals surface area contributed by atoms with Gasteiger partial charge in [0.25, 0.3) is 10.0 Å². The van der Waals surface area contributed by atoms with Crippen molar-refractivity contribution in [3.8, 4) is 5.75 Å². The Labute approximate surface area is 204 Å². The first-order chi connectivity index (χ1) is 15.7. The second-order valence-corrected chi connectivity index (χ2v) is 10.2. The van der Waals surface area contributed by atoms with Crippen LogP contribution in [0, 0.1) is 0 Å². The quantitative estimate of drug-likeness (QED) is 0.427. The fourth-order valence-electron chi connectivity index (χ4n) is 3.09. The Morgan fingerprint density at radius 2 is 1.73 bits per heavy atom. The fraction of sp³-hybridized carbons (Fsp3) is 0.208. The predicted molar refractivity (Wildman–Crippen MR) is 131 cm³/mol. The molecule has 0 saturated heterocycles. The SMILES string of the molecule is CC(C)Oc1cccc(CNC(=O)CN(c2ccc(Cl)cc2Cl)S(=O)(=O)c2ccccc2)c1. The van der Waals surface area contributed by atoms with Crippen LogP contribution in [0.25, 0.3) is 0 Å². The van der Waals surface area contributed by atoms with E-state index in [-0.39, 0.29) is 28.3 Å². The van der Waals surface area contributed by atoms with E-state index in [1.165, 1.54) is 30.3 Å². The van der Waals surface area contributed by atoms with E-state index in [0.717, 1.165) is 9.87 Å². The highest BCUT2D eigenvalue weighted by atomic mass is 35.5. The molecule has 0 radical (unpaired) electrons. The summed E-state index contributed by atoms with van der Waals surface area (Å²) in [5.74, 6) is 0.202. The topological polar surface area (TPSA) is 75.7 Å². The molecule has 1 N–H and O–H groups in total. The van der Waals surface area contributed by atoms with Gasteiger partial charge >= 0.3 is 0 Å². The number of anilines is 1. The molecular formula is C24H24Cl2N2O4S. The maximum absolute atomic E-state index is 13.4. The summed E-state index contributed by atoms with van der Waals surface area (Å²) >= 11 is 12.3. The lowest BCUT2D eigenvalue weighted by atomic mass is 10.2. The van der Waals surface area contributed by atoms with E-state index in [1.54, 1.807) is 18.2 Å². The lowest BCUT2D eigenvalue weighted by Crippen LogP contribution is -2.40. The van der Waals surface area contributed by atoms with Gasteiger partial charge in [-0.2, -0.15) is 0 Å². The van der Waals surface area contributed by atoms with Crippen LogP contribution in [0.4, 0.5) is 5.69 Å². The molecule has 0 aliphatic rings. The van der Waals surface area contributed by atoms with Gasteiger partial charge in [-0.15, -0.1) is 0 Å². The zero-order valence-corrected chi connectivity index (χ0v) is 20.5. The third-order valence-corrected chi connectivity index (χ3v) is 6.87. The molecule has 0 unspecified atom stereocenters. The number of carbonyl (C=O) groups excluding carboxylic acids is 1. The molecule has 0 fully saturated rings. The molecule has 0 aromatic heterocycles. The normalized spacial score (nSPS) is 11.3. The maximum Gasteiger partial charge on any atom is 0.264 e. The van der Waals surface area contributed by atoms with Crippen molar-refractivity contribution in [1.82, 2.24) is 5.32 Å². The first-order valence-electron chi connectivity index (χ1n) is 10.2. The lowest BCUT2D eigenvalue weighted by molar-refractivity contribution is -0.119. The first kappa shape index (κ1) is 24.9. The van der Waals surface area contributed by atoms with E-state index in [4.69, 9.17) is 27.9 Å². The summed E-state index contributed by atoms with van der Waals surface area (Å²) in [5, 5.41) is 3.24. The Balaban J connectivity index is 1.82. The molecular weight excluding hydrogens is 483 g/mol. The number of benzene rings is 3. The van der Waals surface area contributed by atoms with Crippen molar-refractivity contribution >= 4 is 44.8 Å². The minimum atomic E-state index is -4.06. The molecule has 0 atom stereocenters. The van der Waals surface area contributed by atoms with Crippen LogP contribution in [0.15, 0.2) is 77.7 Å². The highest BCUT2D eigenvalue weighted by Crippen LogP contribution is 2.32. The Morgan fingerprint density at radius 1 is 1.00 bits per heavy atom.